The fourth-order valence-electron chi connectivity index (χ4n) is 2.06. The third-order valence-electron chi connectivity index (χ3n) is 3.30. The van der Waals surface area contributed by atoms with Gasteiger partial charge in [-0.1, -0.05) is 19.1 Å². The fraction of sp³-hybridized carbons (Fsp3) is 0.533. The minimum Gasteiger partial charge on any atom is -0.406 e. The van der Waals surface area contributed by atoms with Crippen LogP contribution in [0.4, 0.5) is 13.2 Å². The average molecular weight is 524 g/mol. The van der Waals surface area contributed by atoms with E-state index in [1.807, 2.05) is 0 Å². The van der Waals surface area contributed by atoms with Crippen LogP contribution in [0.2, 0.25) is 0 Å². The van der Waals surface area contributed by atoms with Gasteiger partial charge in [0.15, 0.2) is 5.96 Å². The highest BCUT2D eigenvalue weighted by molar-refractivity contribution is 14.0. The predicted octanol–water partition coefficient (Wildman–Crippen LogP) is 2.28. The zero-order chi connectivity index (χ0) is 19.8. The number of ether oxygens (including phenoxy) is 1. The molecule has 0 radical (unpaired) electrons. The molecule has 1 rings (SSSR count). The Morgan fingerprint density at radius 3 is 2.37 bits per heavy atom. The second-order valence-corrected chi connectivity index (χ2v) is 7.41. The van der Waals surface area contributed by atoms with Crippen molar-refractivity contribution < 1.29 is 26.3 Å². The number of benzene rings is 1. The number of nitrogens with two attached hydrogens (primary N) is 1. The number of sulfonamides is 1. The Morgan fingerprint density at radius 1 is 1.30 bits per heavy atom. The molecule has 156 valence electrons. The molecular formula is C15H24F3IN4O3S. The molecule has 0 fully saturated rings. The van der Waals surface area contributed by atoms with Crippen molar-refractivity contribution in [2.45, 2.75) is 26.3 Å². The van der Waals surface area contributed by atoms with Crippen LogP contribution in [0, 0.1) is 0 Å². The van der Waals surface area contributed by atoms with E-state index in [1.54, 1.807) is 6.92 Å². The molecule has 0 amide bonds. The Labute approximate surface area is 174 Å². The molecule has 0 saturated carbocycles. The molecule has 1 aromatic carbocycles. The molecule has 1 aromatic rings. The third kappa shape index (κ3) is 11.2. The molecule has 0 spiro atoms. The summed E-state index contributed by atoms with van der Waals surface area (Å²) in [6.45, 7) is 3.16. The van der Waals surface area contributed by atoms with Gasteiger partial charge in [-0.3, -0.25) is 0 Å². The van der Waals surface area contributed by atoms with Crippen molar-refractivity contribution >= 4 is 40.0 Å². The lowest BCUT2D eigenvalue weighted by Crippen LogP contribution is -2.36. The van der Waals surface area contributed by atoms with Gasteiger partial charge < -0.3 is 15.8 Å². The van der Waals surface area contributed by atoms with E-state index in [9.17, 15) is 21.6 Å². The van der Waals surface area contributed by atoms with Crippen LogP contribution in [0.25, 0.3) is 0 Å². The van der Waals surface area contributed by atoms with Crippen LogP contribution >= 0.6 is 24.0 Å². The van der Waals surface area contributed by atoms with E-state index in [-0.39, 0.29) is 42.2 Å². The third-order valence-corrected chi connectivity index (χ3v) is 4.68. The van der Waals surface area contributed by atoms with Crippen LogP contribution in [-0.4, -0.2) is 50.9 Å². The number of alkyl halides is 3. The lowest BCUT2D eigenvalue weighted by Gasteiger charge is -2.17. The molecule has 0 saturated heterocycles. The first-order valence-corrected chi connectivity index (χ1v) is 9.69. The van der Waals surface area contributed by atoms with Crippen molar-refractivity contribution in [3.05, 3.63) is 29.8 Å². The zero-order valence-electron chi connectivity index (χ0n) is 15.0. The predicted molar refractivity (Wildman–Crippen MR) is 109 cm³/mol. The second-order valence-electron chi connectivity index (χ2n) is 5.43. The van der Waals surface area contributed by atoms with Crippen LogP contribution in [0.5, 0.6) is 5.75 Å². The molecule has 3 N–H and O–H groups in total. The summed E-state index contributed by atoms with van der Waals surface area (Å²) in [6.07, 6.45) is -3.01. The zero-order valence-corrected chi connectivity index (χ0v) is 18.1. The van der Waals surface area contributed by atoms with Crippen LogP contribution in [0.15, 0.2) is 29.3 Å². The molecule has 0 heterocycles. The van der Waals surface area contributed by atoms with Crippen molar-refractivity contribution in [3.8, 4) is 5.75 Å². The molecular weight excluding hydrogens is 500 g/mol. The topological polar surface area (TPSA) is 97.0 Å². The van der Waals surface area contributed by atoms with Crippen molar-refractivity contribution in [1.82, 2.24) is 9.62 Å². The van der Waals surface area contributed by atoms with Crippen molar-refractivity contribution in [3.63, 3.8) is 0 Å². The maximum absolute atomic E-state index is 12.1. The summed E-state index contributed by atoms with van der Waals surface area (Å²) in [5, 5.41) is 2.86. The SMILES string of the molecule is CCN(CCCNC(N)=NCc1ccc(OC(F)(F)F)cc1)S(C)(=O)=O.I. The van der Waals surface area contributed by atoms with Gasteiger partial charge in [0.05, 0.1) is 12.8 Å². The number of halogens is 4. The fourth-order valence-corrected chi connectivity index (χ4v) is 2.99. The smallest absolute Gasteiger partial charge is 0.406 e. The Morgan fingerprint density at radius 2 is 1.89 bits per heavy atom. The van der Waals surface area contributed by atoms with Gasteiger partial charge in [-0.15, -0.1) is 37.1 Å². The number of hydrogen-bond acceptors (Lipinski definition) is 4. The number of aliphatic imine (C=N–C) groups is 1. The van der Waals surface area contributed by atoms with E-state index in [4.69, 9.17) is 5.73 Å². The van der Waals surface area contributed by atoms with Gasteiger partial charge >= 0.3 is 6.36 Å². The van der Waals surface area contributed by atoms with E-state index in [1.165, 1.54) is 28.6 Å². The largest absolute Gasteiger partial charge is 0.573 e. The molecule has 27 heavy (non-hydrogen) atoms. The van der Waals surface area contributed by atoms with Gasteiger partial charge in [-0.2, -0.15) is 0 Å². The summed E-state index contributed by atoms with van der Waals surface area (Å²) >= 11 is 0. The second kappa shape index (κ2) is 11.5. The number of rotatable bonds is 9. The van der Waals surface area contributed by atoms with Crippen LogP contribution < -0.4 is 15.8 Å². The monoisotopic (exact) mass is 524 g/mol. The van der Waals surface area contributed by atoms with Crippen molar-refractivity contribution in [2.24, 2.45) is 10.7 Å². The standard InChI is InChI=1S/C15H23F3N4O3S.HI/c1-3-22(26(2,23)24)10-4-9-20-14(19)21-11-12-5-7-13(8-6-12)25-15(16,17)18;/h5-8H,3-4,9-11H2,1-2H3,(H3,19,20,21);1H. The minimum atomic E-state index is -4.72. The van der Waals surface area contributed by atoms with Gasteiger partial charge in [0, 0.05) is 19.6 Å². The summed E-state index contributed by atoms with van der Waals surface area (Å²) in [7, 11) is -3.21. The summed E-state index contributed by atoms with van der Waals surface area (Å²) in [5.74, 6) is -0.134. The quantitative estimate of drug-likeness (QED) is 0.224. The summed E-state index contributed by atoms with van der Waals surface area (Å²) in [4.78, 5) is 4.07. The Bertz CT molecular complexity index is 697. The van der Waals surface area contributed by atoms with E-state index < -0.39 is 16.4 Å². The van der Waals surface area contributed by atoms with Gasteiger partial charge in [-0.25, -0.2) is 17.7 Å². The highest BCUT2D eigenvalue weighted by Crippen LogP contribution is 2.22. The highest BCUT2D eigenvalue weighted by atomic mass is 127. The average Bonchev–Trinajstić information content (AvgIpc) is 2.51. The Kier molecular flexibility index (Phi) is 11.0. The molecule has 0 aliphatic carbocycles. The number of hydrogen-bond donors (Lipinski definition) is 2. The molecule has 0 aliphatic rings. The molecule has 7 nitrogen and oxygen atoms in total. The molecule has 12 heteroatoms. The van der Waals surface area contributed by atoms with Gasteiger partial charge in [0.25, 0.3) is 0 Å². The van der Waals surface area contributed by atoms with Gasteiger partial charge in [0.2, 0.25) is 10.0 Å². The van der Waals surface area contributed by atoms with Crippen LogP contribution in [0.1, 0.15) is 18.9 Å². The molecule has 0 aliphatic heterocycles. The summed E-state index contributed by atoms with van der Waals surface area (Å²) in [6, 6.07) is 5.32. The minimum absolute atomic E-state index is 0. The molecule has 0 unspecified atom stereocenters. The van der Waals surface area contributed by atoms with Crippen molar-refractivity contribution in [2.75, 3.05) is 25.9 Å². The highest BCUT2D eigenvalue weighted by Gasteiger charge is 2.30. The Hall–Kier alpha value is -1.28. The normalized spacial score (nSPS) is 12.6. The van der Waals surface area contributed by atoms with Crippen LogP contribution in [0.3, 0.4) is 0 Å². The maximum atomic E-state index is 12.1. The van der Waals surface area contributed by atoms with E-state index >= 15 is 0 Å². The number of guanidine groups is 1. The maximum Gasteiger partial charge on any atom is 0.573 e. The summed E-state index contributed by atoms with van der Waals surface area (Å²) < 4.78 is 64.2. The lowest BCUT2D eigenvalue weighted by molar-refractivity contribution is -0.274. The number of nitrogens with zero attached hydrogens (tertiary/aromatic N) is 2. The lowest BCUT2D eigenvalue weighted by atomic mass is 10.2. The Balaban J connectivity index is 0.00000676. The molecule has 0 aromatic heterocycles. The van der Waals surface area contributed by atoms with Crippen LogP contribution in [-0.2, 0) is 16.6 Å². The van der Waals surface area contributed by atoms with E-state index in [2.05, 4.69) is 15.0 Å². The van der Waals surface area contributed by atoms with Gasteiger partial charge in [-0.05, 0) is 24.1 Å². The van der Waals surface area contributed by atoms with Gasteiger partial charge in [0.1, 0.15) is 5.75 Å². The summed E-state index contributed by atoms with van der Waals surface area (Å²) in [5.41, 5.74) is 6.37. The van der Waals surface area contributed by atoms with E-state index in [0.29, 0.717) is 31.6 Å². The molecule has 0 bridgehead atoms. The molecule has 0 atom stereocenters. The first kappa shape index (κ1) is 25.7. The van der Waals surface area contributed by atoms with E-state index in [0.717, 1.165) is 6.26 Å². The first-order chi connectivity index (χ1) is 12.0. The first-order valence-electron chi connectivity index (χ1n) is 7.85. The van der Waals surface area contributed by atoms with Crippen molar-refractivity contribution in [1.29, 1.82) is 0 Å². The number of nitrogens with one attached hydrogen (secondary N) is 1.